The molecule has 8 heteroatoms. The number of hydrogen-bond donors (Lipinski definition) is 5. The van der Waals surface area contributed by atoms with Crippen molar-refractivity contribution in [3.63, 3.8) is 0 Å². The summed E-state index contributed by atoms with van der Waals surface area (Å²) in [5.41, 5.74) is 0.155. The summed E-state index contributed by atoms with van der Waals surface area (Å²) in [6.45, 7) is 13.3. The molecule has 220 valence electrons. The van der Waals surface area contributed by atoms with Gasteiger partial charge in [0.25, 0.3) is 0 Å². The molecule has 1 atom stereocenters. The summed E-state index contributed by atoms with van der Waals surface area (Å²) in [6, 6.07) is 9.49. The lowest BCUT2D eigenvalue weighted by atomic mass is 10.1. The van der Waals surface area contributed by atoms with E-state index in [-0.39, 0.29) is 32.0 Å². The molecule has 0 aliphatic carbocycles. The normalized spacial score (nSPS) is 11.4. The van der Waals surface area contributed by atoms with E-state index < -0.39 is 11.8 Å². The van der Waals surface area contributed by atoms with E-state index >= 15 is 0 Å². The van der Waals surface area contributed by atoms with Crippen LogP contribution in [-0.4, -0.2) is 63.7 Å². The summed E-state index contributed by atoms with van der Waals surface area (Å²) in [5.74, 6) is -1.14. The number of aliphatic hydroxyl groups is 4. The molecule has 0 fully saturated rings. The van der Waals surface area contributed by atoms with Gasteiger partial charge in [-0.15, -0.1) is 0 Å². The fraction of sp³-hybridized carbons (Fsp3) is 0.690. The molecule has 37 heavy (non-hydrogen) atoms. The quantitative estimate of drug-likeness (QED) is 0.0913. The van der Waals surface area contributed by atoms with E-state index in [1.165, 1.54) is 45.3 Å². The molecule has 0 amide bonds. The first-order chi connectivity index (χ1) is 17.6. The zero-order valence-electron chi connectivity index (χ0n) is 24.4. The van der Waals surface area contributed by atoms with Crippen molar-refractivity contribution in [2.45, 2.75) is 106 Å². The summed E-state index contributed by atoms with van der Waals surface area (Å²) >= 11 is 0. The van der Waals surface area contributed by atoms with E-state index in [0.29, 0.717) is 12.2 Å². The topological polar surface area (TPSA) is 137 Å². The first kappa shape index (κ1) is 42.0. The van der Waals surface area contributed by atoms with Gasteiger partial charge in [0.15, 0.2) is 0 Å². The van der Waals surface area contributed by atoms with Gasteiger partial charge in [-0.25, -0.2) is 4.79 Å². The third-order valence-electron chi connectivity index (χ3n) is 4.13. The number of aliphatic carboxylic acids is 1. The lowest BCUT2D eigenvalue weighted by Gasteiger charge is -2.30. The zero-order chi connectivity index (χ0) is 29.4. The first-order valence-electron chi connectivity index (χ1n) is 13.4. The van der Waals surface area contributed by atoms with Gasteiger partial charge in [-0.2, -0.15) is 0 Å². The van der Waals surface area contributed by atoms with E-state index in [1.807, 2.05) is 37.3 Å². The maximum absolute atomic E-state index is 11.0. The van der Waals surface area contributed by atoms with Crippen molar-refractivity contribution in [2.24, 2.45) is 0 Å². The van der Waals surface area contributed by atoms with Crippen LogP contribution in [0.3, 0.4) is 0 Å². The van der Waals surface area contributed by atoms with Crippen LogP contribution in [0.2, 0.25) is 0 Å². The third kappa shape index (κ3) is 36.1. The standard InChI is InChI=1S/C21H32O4.4C2H6O/c1-4-5-6-7-8-9-13-16-21(3,24-17-18(2)20(22)23)25-19-14-11-10-12-15-19;4*1-2-3/h10-12,14-15,17H,4-9,13,16H2,1-3H3,(H,22,23);4*3H,2H2,1H3. The monoisotopic (exact) mass is 532 g/mol. The molecule has 0 radical (unpaired) electrons. The van der Waals surface area contributed by atoms with Gasteiger partial charge in [0.2, 0.25) is 5.79 Å². The van der Waals surface area contributed by atoms with Crippen molar-refractivity contribution in [3.8, 4) is 5.75 Å². The van der Waals surface area contributed by atoms with E-state index in [2.05, 4.69) is 6.92 Å². The van der Waals surface area contributed by atoms with Crippen LogP contribution in [-0.2, 0) is 9.53 Å². The molecule has 0 aromatic heterocycles. The highest BCUT2D eigenvalue weighted by molar-refractivity contribution is 5.85. The third-order valence-corrected chi connectivity index (χ3v) is 4.13. The molecule has 0 bridgehead atoms. The minimum absolute atomic E-state index is 0.155. The molecule has 1 rings (SSSR count). The Labute approximate surface area is 226 Å². The van der Waals surface area contributed by atoms with Crippen molar-refractivity contribution >= 4 is 5.97 Å². The summed E-state index contributed by atoms with van der Waals surface area (Å²) in [7, 11) is 0. The fourth-order valence-electron chi connectivity index (χ4n) is 2.54. The summed E-state index contributed by atoms with van der Waals surface area (Å²) in [4.78, 5) is 11.0. The second-order valence-corrected chi connectivity index (χ2v) is 7.91. The van der Waals surface area contributed by atoms with Crippen LogP contribution in [0.1, 0.15) is 99.8 Å². The average Bonchev–Trinajstić information content (AvgIpc) is 2.85. The van der Waals surface area contributed by atoms with Gasteiger partial charge >= 0.3 is 5.97 Å². The molecule has 0 spiro atoms. The number of carboxylic acid groups (broad SMARTS) is 1. The fourth-order valence-corrected chi connectivity index (χ4v) is 2.54. The van der Waals surface area contributed by atoms with Crippen LogP contribution in [0.15, 0.2) is 42.2 Å². The number of carboxylic acids is 1. The highest BCUT2D eigenvalue weighted by Crippen LogP contribution is 2.26. The highest BCUT2D eigenvalue weighted by atomic mass is 16.7. The van der Waals surface area contributed by atoms with Crippen LogP contribution in [0, 0.1) is 0 Å². The van der Waals surface area contributed by atoms with Crippen molar-refractivity contribution in [2.75, 3.05) is 26.4 Å². The van der Waals surface area contributed by atoms with Gasteiger partial charge in [0, 0.05) is 39.8 Å². The predicted octanol–water partition coefficient (Wildman–Crippen LogP) is 5.92. The first-order valence-corrected chi connectivity index (χ1v) is 13.4. The molecule has 0 aliphatic heterocycles. The number of benzene rings is 1. The molecule has 0 saturated carbocycles. The van der Waals surface area contributed by atoms with E-state index in [1.54, 1.807) is 27.7 Å². The molecule has 5 N–H and O–H groups in total. The Balaban J connectivity index is -0.000000383. The van der Waals surface area contributed by atoms with Gasteiger partial charge in [0.05, 0.1) is 11.8 Å². The molecule has 0 heterocycles. The molecule has 1 aromatic carbocycles. The maximum Gasteiger partial charge on any atom is 0.334 e. The molecular weight excluding hydrogens is 476 g/mol. The lowest BCUT2D eigenvalue weighted by molar-refractivity contribution is -0.140. The molecule has 1 aromatic rings. The van der Waals surface area contributed by atoms with E-state index in [4.69, 9.17) is 35.0 Å². The average molecular weight is 533 g/mol. The SMILES string of the molecule is CCCCCCCCCC(C)(OC=C(C)C(=O)O)Oc1ccccc1.CCO.CCO.CCO.CCO. The Morgan fingerprint density at radius 2 is 1.19 bits per heavy atom. The number of unbranched alkanes of at least 4 members (excludes halogenated alkanes) is 6. The summed E-state index contributed by atoms with van der Waals surface area (Å²) in [5, 5.41) is 39.3. The number of para-hydroxylation sites is 1. The smallest absolute Gasteiger partial charge is 0.334 e. The summed E-state index contributed by atoms with van der Waals surface area (Å²) in [6.07, 6.45) is 10.4. The number of aliphatic hydroxyl groups excluding tert-OH is 4. The van der Waals surface area contributed by atoms with E-state index in [0.717, 1.165) is 12.8 Å². The Hall–Kier alpha value is -2.13. The minimum Gasteiger partial charge on any atom is -0.478 e. The van der Waals surface area contributed by atoms with Crippen molar-refractivity contribution in [3.05, 3.63) is 42.2 Å². The Morgan fingerprint density at radius 1 is 0.784 bits per heavy atom. The molecule has 0 saturated heterocycles. The zero-order valence-corrected chi connectivity index (χ0v) is 24.4. The van der Waals surface area contributed by atoms with E-state index in [9.17, 15) is 4.79 Å². The van der Waals surface area contributed by atoms with Gasteiger partial charge in [-0.3, -0.25) is 0 Å². The molecule has 8 nitrogen and oxygen atoms in total. The Morgan fingerprint density at radius 3 is 1.59 bits per heavy atom. The predicted molar refractivity (Wildman–Crippen MR) is 152 cm³/mol. The largest absolute Gasteiger partial charge is 0.478 e. The Kier molecular flexibility index (Phi) is 38.4. The molecular formula is C29H56O8. The Bertz CT molecular complexity index is 585. The van der Waals surface area contributed by atoms with Crippen LogP contribution in [0.4, 0.5) is 0 Å². The van der Waals surface area contributed by atoms with Crippen LogP contribution in [0.5, 0.6) is 5.75 Å². The maximum atomic E-state index is 11.0. The van der Waals surface area contributed by atoms with Crippen molar-refractivity contribution in [1.29, 1.82) is 0 Å². The lowest BCUT2D eigenvalue weighted by Crippen LogP contribution is -2.34. The minimum atomic E-state index is -0.988. The number of carbonyl (C=O) groups is 1. The number of rotatable bonds is 13. The molecule has 0 aliphatic rings. The summed E-state index contributed by atoms with van der Waals surface area (Å²) < 4.78 is 11.8. The van der Waals surface area contributed by atoms with Crippen LogP contribution in [0.25, 0.3) is 0 Å². The van der Waals surface area contributed by atoms with Crippen molar-refractivity contribution in [1.82, 2.24) is 0 Å². The second-order valence-electron chi connectivity index (χ2n) is 7.91. The van der Waals surface area contributed by atoms with Crippen molar-refractivity contribution < 1.29 is 39.8 Å². The number of hydrogen-bond acceptors (Lipinski definition) is 7. The van der Waals surface area contributed by atoms with Gasteiger partial charge in [-0.1, -0.05) is 63.6 Å². The highest BCUT2D eigenvalue weighted by Gasteiger charge is 2.27. The van der Waals surface area contributed by atoms with Gasteiger partial charge < -0.3 is 35.0 Å². The van der Waals surface area contributed by atoms with Gasteiger partial charge in [-0.05, 0) is 53.2 Å². The van der Waals surface area contributed by atoms with Gasteiger partial charge in [0.1, 0.15) is 5.75 Å². The number of ether oxygens (including phenoxy) is 2. The molecule has 1 unspecified atom stereocenters. The second kappa shape index (κ2) is 33.9. The van der Waals surface area contributed by atoms with Crippen LogP contribution >= 0.6 is 0 Å². The van der Waals surface area contributed by atoms with Crippen LogP contribution < -0.4 is 4.74 Å².